The van der Waals surface area contributed by atoms with Crippen LogP contribution in [0.5, 0.6) is 0 Å². The maximum absolute atomic E-state index is 15.4. The Balaban J connectivity index is 1.18. The van der Waals surface area contributed by atoms with Gasteiger partial charge in [0.1, 0.15) is 5.82 Å². The topological polar surface area (TPSA) is 0 Å². The van der Waals surface area contributed by atoms with Crippen LogP contribution in [-0.2, 0) is 6.42 Å². The summed E-state index contributed by atoms with van der Waals surface area (Å²) in [5.41, 5.74) is 3.67. The van der Waals surface area contributed by atoms with E-state index in [4.69, 9.17) is 0 Å². The number of allylic oxidation sites excluding steroid dienone is 1. The van der Waals surface area contributed by atoms with Gasteiger partial charge in [0.25, 0.3) is 0 Å². The van der Waals surface area contributed by atoms with Gasteiger partial charge in [-0.25, -0.2) is 13.2 Å². The lowest BCUT2D eigenvalue weighted by atomic mass is 9.68. The lowest BCUT2D eigenvalue weighted by Crippen LogP contribution is -2.25. The van der Waals surface area contributed by atoms with Gasteiger partial charge in [0.15, 0.2) is 11.6 Å². The van der Waals surface area contributed by atoms with E-state index in [2.05, 4.69) is 25.6 Å². The molecule has 0 bridgehead atoms. The van der Waals surface area contributed by atoms with Crippen LogP contribution in [0, 0.1) is 35.2 Å². The first-order chi connectivity index (χ1) is 21.0. The molecule has 0 heterocycles. The fourth-order valence-electron chi connectivity index (χ4n) is 7.82. The van der Waals surface area contributed by atoms with Crippen molar-refractivity contribution in [1.29, 1.82) is 0 Å². The van der Waals surface area contributed by atoms with Gasteiger partial charge < -0.3 is 0 Å². The van der Waals surface area contributed by atoms with Gasteiger partial charge >= 0.3 is 0 Å². The fraction of sp³-hybridized carbons (Fsp3) is 0.500. The predicted octanol–water partition coefficient (Wildman–Crippen LogP) is 12.6. The molecule has 0 nitrogen and oxygen atoms in total. The summed E-state index contributed by atoms with van der Waals surface area (Å²) in [5, 5.41) is 0. The zero-order chi connectivity index (χ0) is 30.2. The van der Waals surface area contributed by atoms with Crippen LogP contribution in [0.25, 0.3) is 22.3 Å². The van der Waals surface area contributed by atoms with E-state index in [0.717, 1.165) is 73.8 Å². The summed E-state index contributed by atoms with van der Waals surface area (Å²) in [6.45, 7) is 6.01. The molecule has 0 saturated heterocycles. The molecule has 5 rings (SSSR count). The largest absolute Gasteiger partial charge is 0.206 e. The monoisotopic (exact) mass is 586 g/mol. The first kappa shape index (κ1) is 31.6. The van der Waals surface area contributed by atoms with Gasteiger partial charge in [0.05, 0.1) is 0 Å². The summed E-state index contributed by atoms with van der Waals surface area (Å²) >= 11 is 0. The lowest BCUT2D eigenvalue weighted by molar-refractivity contribution is 0.157. The van der Waals surface area contributed by atoms with E-state index in [1.165, 1.54) is 44.9 Å². The molecule has 0 aromatic heterocycles. The predicted molar refractivity (Wildman–Crippen MR) is 175 cm³/mol. The normalized spacial score (nSPS) is 22.4. The van der Waals surface area contributed by atoms with E-state index >= 15 is 4.39 Å². The van der Waals surface area contributed by atoms with Crippen LogP contribution in [0.1, 0.15) is 114 Å². The van der Waals surface area contributed by atoms with E-state index in [-0.39, 0.29) is 11.4 Å². The zero-order valence-electron chi connectivity index (χ0n) is 26.0. The van der Waals surface area contributed by atoms with Gasteiger partial charge in [0, 0.05) is 11.1 Å². The lowest BCUT2D eigenvalue weighted by Gasteiger charge is -2.38. The molecule has 2 aliphatic rings. The SMILES string of the molecule is C=CCCC1CCC(C2CCC(c3ccc(-c4ccc(-c5ccc(CCCCCC)c(F)c5F)cc4)c(F)c3)CC2)CC1. The molecule has 3 heteroatoms. The molecule has 230 valence electrons. The Labute approximate surface area is 257 Å². The number of hydrogen-bond donors (Lipinski definition) is 0. The van der Waals surface area contributed by atoms with Gasteiger partial charge in [-0.05, 0) is 116 Å². The van der Waals surface area contributed by atoms with Gasteiger partial charge in [-0.3, -0.25) is 0 Å². The summed E-state index contributed by atoms with van der Waals surface area (Å²) < 4.78 is 45.2. The Morgan fingerprint density at radius 3 is 1.95 bits per heavy atom. The Morgan fingerprint density at radius 2 is 1.33 bits per heavy atom. The standard InChI is InChI=1S/C40H49F3/c1-3-5-7-8-10-34-23-26-37(40(43)39(34)42)33-21-19-32(20-22-33)36-25-24-35(27-38(36)41)31-17-15-30(16-18-31)29-13-11-28(12-14-29)9-6-4-2/h4,19-31H,2-3,5-18H2,1H3. The summed E-state index contributed by atoms with van der Waals surface area (Å²) in [4.78, 5) is 0. The van der Waals surface area contributed by atoms with Crippen LogP contribution in [0.2, 0.25) is 0 Å². The minimum absolute atomic E-state index is 0.213. The molecule has 3 aromatic carbocycles. The van der Waals surface area contributed by atoms with Crippen molar-refractivity contribution >= 4 is 0 Å². The summed E-state index contributed by atoms with van der Waals surface area (Å²) in [5.74, 6) is 1.26. The highest BCUT2D eigenvalue weighted by Crippen LogP contribution is 2.45. The molecule has 2 fully saturated rings. The van der Waals surface area contributed by atoms with Crippen molar-refractivity contribution in [1.82, 2.24) is 0 Å². The number of unbranched alkanes of at least 4 members (excludes halogenated alkanes) is 3. The molecular weight excluding hydrogens is 537 g/mol. The molecule has 2 aliphatic carbocycles. The molecule has 0 atom stereocenters. The smallest absolute Gasteiger partial charge is 0.166 e. The van der Waals surface area contributed by atoms with Crippen LogP contribution >= 0.6 is 0 Å². The van der Waals surface area contributed by atoms with Crippen molar-refractivity contribution in [3.8, 4) is 22.3 Å². The van der Waals surface area contributed by atoms with Crippen molar-refractivity contribution in [3.63, 3.8) is 0 Å². The maximum atomic E-state index is 15.4. The van der Waals surface area contributed by atoms with Crippen LogP contribution < -0.4 is 0 Å². The summed E-state index contributed by atoms with van der Waals surface area (Å²) in [7, 11) is 0. The van der Waals surface area contributed by atoms with Crippen LogP contribution in [-0.4, -0.2) is 0 Å². The first-order valence-corrected chi connectivity index (χ1v) is 17.0. The highest BCUT2D eigenvalue weighted by molar-refractivity contribution is 5.71. The molecule has 0 radical (unpaired) electrons. The van der Waals surface area contributed by atoms with Crippen LogP contribution in [0.15, 0.2) is 67.3 Å². The minimum Gasteiger partial charge on any atom is -0.206 e. The van der Waals surface area contributed by atoms with Crippen molar-refractivity contribution in [2.75, 3.05) is 0 Å². The third-order valence-electron chi connectivity index (χ3n) is 10.5. The number of hydrogen-bond acceptors (Lipinski definition) is 0. The highest BCUT2D eigenvalue weighted by atomic mass is 19.2. The molecule has 0 spiro atoms. The van der Waals surface area contributed by atoms with Crippen molar-refractivity contribution < 1.29 is 13.2 Å². The maximum Gasteiger partial charge on any atom is 0.166 e. The van der Waals surface area contributed by atoms with Gasteiger partial charge in [-0.15, -0.1) is 6.58 Å². The second-order valence-corrected chi connectivity index (χ2v) is 13.3. The van der Waals surface area contributed by atoms with E-state index < -0.39 is 11.6 Å². The molecule has 0 aliphatic heterocycles. The summed E-state index contributed by atoms with van der Waals surface area (Å²) in [6.07, 6.45) is 19.5. The summed E-state index contributed by atoms with van der Waals surface area (Å²) in [6, 6.07) is 16.2. The average Bonchev–Trinajstić information content (AvgIpc) is 3.04. The Morgan fingerprint density at radius 1 is 0.698 bits per heavy atom. The molecular formula is C40H49F3. The fourth-order valence-corrected chi connectivity index (χ4v) is 7.82. The Bertz CT molecular complexity index is 1320. The average molecular weight is 587 g/mol. The molecule has 3 aromatic rings. The molecule has 0 unspecified atom stereocenters. The van der Waals surface area contributed by atoms with Gasteiger partial charge in [-0.2, -0.15) is 0 Å². The molecule has 0 N–H and O–H groups in total. The van der Waals surface area contributed by atoms with E-state index in [1.54, 1.807) is 42.5 Å². The van der Waals surface area contributed by atoms with Gasteiger partial charge in [-0.1, -0.05) is 93.6 Å². The Hall–Kier alpha value is -2.81. The first-order valence-electron chi connectivity index (χ1n) is 17.0. The Kier molecular flexibility index (Phi) is 11.2. The van der Waals surface area contributed by atoms with E-state index in [0.29, 0.717) is 29.0 Å². The second-order valence-electron chi connectivity index (χ2n) is 13.3. The number of rotatable bonds is 12. The molecule has 2 saturated carbocycles. The third kappa shape index (κ3) is 7.83. The van der Waals surface area contributed by atoms with Crippen LogP contribution in [0.4, 0.5) is 13.2 Å². The minimum atomic E-state index is -0.804. The van der Waals surface area contributed by atoms with Crippen molar-refractivity contribution in [3.05, 3.63) is 95.8 Å². The van der Waals surface area contributed by atoms with E-state index in [9.17, 15) is 8.78 Å². The van der Waals surface area contributed by atoms with E-state index in [1.807, 2.05) is 6.07 Å². The zero-order valence-corrected chi connectivity index (χ0v) is 26.0. The molecule has 43 heavy (non-hydrogen) atoms. The number of halogens is 3. The molecule has 0 amide bonds. The third-order valence-corrected chi connectivity index (χ3v) is 10.5. The second kappa shape index (κ2) is 15.3. The number of benzene rings is 3. The van der Waals surface area contributed by atoms with Crippen LogP contribution in [0.3, 0.4) is 0 Å². The van der Waals surface area contributed by atoms with Crippen molar-refractivity contribution in [2.24, 2.45) is 17.8 Å². The quantitative estimate of drug-likeness (QED) is 0.146. The highest BCUT2D eigenvalue weighted by Gasteiger charge is 2.31. The van der Waals surface area contributed by atoms with Gasteiger partial charge in [0.2, 0.25) is 0 Å². The number of aryl methyl sites for hydroxylation is 1. The van der Waals surface area contributed by atoms with Crippen molar-refractivity contribution in [2.45, 2.75) is 109 Å².